The minimum absolute atomic E-state index is 0.0152. The predicted molar refractivity (Wildman–Crippen MR) is 111 cm³/mol. The van der Waals surface area contributed by atoms with Gasteiger partial charge in [0.2, 0.25) is 10.0 Å². The maximum absolute atomic E-state index is 14.7. The molecule has 0 aliphatic heterocycles. The van der Waals surface area contributed by atoms with Gasteiger partial charge in [0.15, 0.2) is 0 Å². The Kier molecular flexibility index (Phi) is 6.28. The molecule has 3 rings (SSSR count). The summed E-state index contributed by atoms with van der Waals surface area (Å²) in [4.78, 5) is 0.0152. The van der Waals surface area contributed by atoms with Crippen molar-refractivity contribution in [3.63, 3.8) is 0 Å². The van der Waals surface area contributed by atoms with Gasteiger partial charge in [-0.1, -0.05) is 35.9 Å². The van der Waals surface area contributed by atoms with Crippen molar-refractivity contribution in [2.75, 3.05) is 14.2 Å². The second-order valence-corrected chi connectivity index (χ2v) is 8.37. The molecule has 0 spiro atoms. The summed E-state index contributed by atoms with van der Waals surface area (Å²) in [6.07, 6.45) is 0. The average Bonchev–Trinajstić information content (AvgIpc) is 2.72. The molecule has 158 valence electrons. The second kappa shape index (κ2) is 8.73. The van der Waals surface area contributed by atoms with Crippen LogP contribution in [0, 0.1) is 12.7 Å². The van der Waals surface area contributed by atoms with E-state index in [-0.39, 0.29) is 27.5 Å². The number of rotatable bonds is 7. The molecule has 0 bridgehead atoms. The molecule has 0 saturated heterocycles. The third-order valence-corrected chi connectivity index (χ3v) is 6.10. The summed E-state index contributed by atoms with van der Waals surface area (Å²) < 4.78 is 53.8. The monoisotopic (exact) mass is 431 g/mol. The van der Waals surface area contributed by atoms with Crippen LogP contribution in [0.4, 0.5) is 4.39 Å². The van der Waals surface area contributed by atoms with Gasteiger partial charge in [0, 0.05) is 17.7 Å². The lowest BCUT2D eigenvalue weighted by atomic mass is 9.97. The number of ether oxygens (including phenoxy) is 2. The van der Waals surface area contributed by atoms with Crippen molar-refractivity contribution in [2.45, 2.75) is 17.9 Å². The first-order valence-corrected chi connectivity index (χ1v) is 10.5. The molecule has 0 heterocycles. The molecule has 30 heavy (non-hydrogen) atoms. The molecule has 1 atom stereocenters. The topological polar surface area (TPSA) is 84.9 Å². The van der Waals surface area contributed by atoms with Crippen molar-refractivity contribution in [1.29, 1.82) is 0 Å². The summed E-state index contributed by atoms with van der Waals surface area (Å²) in [6.45, 7) is 1.84. The third-order valence-electron chi connectivity index (χ3n) is 4.66. The lowest BCUT2D eigenvalue weighted by Crippen LogP contribution is -2.30. The Morgan fingerprint density at radius 3 is 2.27 bits per heavy atom. The molecule has 0 fully saturated rings. The van der Waals surface area contributed by atoms with E-state index >= 15 is 0 Å². The van der Waals surface area contributed by atoms with Gasteiger partial charge in [-0.25, -0.2) is 12.8 Å². The zero-order chi connectivity index (χ0) is 21.9. The van der Waals surface area contributed by atoms with Gasteiger partial charge in [0.05, 0.1) is 30.7 Å². The van der Waals surface area contributed by atoms with Crippen molar-refractivity contribution in [1.82, 2.24) is 4.72 Å². The summed E-state index contributed by atoms with van der Waals surface area (Å²) in [5.41, 5.74) is 1.00. The standard InChI is InChI=1S/C22H22FNO5S/c1-14-8-10-16(11-9-14)30(26,27)24-22(17-6-4-5-7-18(17)23)21-19(25)12-15(28-2)13-20(21)29-3/h4-13,22,24-25H,1-3H3. The molecule has 0 radical (unpaired) electrons. The Bertz CT molecular complexity index is 1150. The minimum atomic E-state index is -4.06. The number of nitrogens with one attached hydrogen (secondary N) is 1. The second-order valence-electron chi connectivity index (χ2n) is 6.65. The maximum atomic E-state index is 14.7. The highest BCUT2D eigenvalue weighted by Crippen LogP contribution is 2.41. The van der Waals surface area contributed by atoms with E-state index < -0.39 is 21.9 Å². The highest BCUT2D eigenvalue weighted by atomic mass is 32.2. The van der Waals surface area contributed by atoms with Gasteiger partial charge in [-0.2, -0.15) is 4.72 Å². The number of phenols is 1. The largest absolute Gasteiger partial charge is 0.507 e. The number of phenolic OH excluding ortho intramolecular Hbond substituents is 1. The van der Waals surface area contributed by atoms with E-state index in [1.54, 1.807) is 18.2 Å². The highest BCUT2D eigenvalue weighted by Gasteiger charge is 2.30. The fourth-order valence-corrected chi connectivity index (χ4v) is 4.28. The Hall–Kier alpha value is -3.10. The van der Waals surface area contributed by atoms with E-state index in [0.717, 1.165) is 5.56 Å². The van der Waals surface area contributed by atoms with Crippen LogP contribution in [0.15, 0.2) is 65.6 Å². The van der Waals surface area contributed by atoms with Gasteiger partial charge >= 0.3 is 0 Å². The fourth-order valence-electron chi connectivity index (χ4n) is 3.09. The number of sulfonamides is 1. The fraction of sp³-hybridized carbons (Fsp3) is 0.182. The summed E-state index contributed by atoms with van der Waals surface area (Å²) in [7, 11) is -1.28. The van der Waals surface area contributed by atoms with E-state index in [4.69, 9.17) is 9.47 Å². The van der Waals surface area contributed by atoms with Crippen LogP contribution < -0.4 is 14.2 Å². The molecule has 0 amide bonds. The smallest absolute Gasteiger partial charge is 0.241 e. The van der Waals surface area contributed by atoms with Crippen LogP contribution in [-0.4, -0.2) is 27.7 Å². The summed E-state index contributed by atoms with van der Waals surface area (Å²) in [6, 6.07) is 13.5. The van der Waals surface area contributed by atoms with Crippen LogP contribution in [0.25, 0.3) is 0 Å². The number of hydrogen-bond acceptors (Lipinski definition) is 5. The first kappa shape index (κ1) is 21.6. The summed E-state index contributed by atoms with van der Waals surface area (Å²) in [5.74, 6) is -0.481. The molecule has 1 unspecified atom stereocenters. The van der Waals surface area contributed by atoms with E-state index in [9.17, 15) is 17.9 Å². The van der Waals surface area contributed by atoms with E-state index in [0.29, 0.717) is 5.75 Å². The molecule has 8 heteroatoms. The Morgan fingerprint density at radius 1 is 1.00 bits per heavy atom. The first-order valence-electron chi connectivity index (χ1n) is 9.05. The number of halogens is 1. The Balaban J connectivity index is 2.19. The zero-order valence-electron chi connectivity index (χ0n) is 16.7. The molecule has 3 aromatic carbocycles. The van der Waals surface area contributed by atoms with Crippen LogP contribution in [0.2, 0.25) is 0 Å². The average molecular weight is 431 g/mol. The summed E-state index contributed by atoms with van der Waals surface area (Å²) >= 11 is 0. The van der Waals surface area contributed by atoms with Crippen LogP contribution in [-0.2, 0) is 10.0 Å². The quantitative estimate of drug-likeness (QED) is 0.592. The molecular formula is C22H22FNO5S. The predicted octanol–water partition coefficient (Wildman–Crippen LogP) is 3.92. The summed E-state index contributed by atoms with van der Waals surface area (Å²) in [5, 5.41) is 10.6. The van der Waals surface area contributed by atoms with Crippen molar-refractivity contribution in [3.05, 3.63) is 83.2 Å². The van der Waals surface area contributed by atoms with Gasteiger partial charge in [-0.05, 0) is 25.1 Å². The van der Waals surface area contributed by atoms with Gasteiger partial charge in [0.25, 0.3) is 0 Å². The third kappa shape index (κ3) is 4.39. The van der Waals surface area contributed by atoms with Crippen molar-refractivity contribution in [3.8, 4) is 17.2 Å². The molecular weight excluding hydrogens is 409 g/mol. The van der Waals surface area contributed by atoms with E-state index in [1.807, 2.05) is 6.92 Å². The molecule has 0 aliphatic carbocycles. The lowest BCUT2D eigenvalue weighted by molar-refractivity contribution is 0.375. The number of hydrogen-bond donors (Lipinski definition) is 2. The van der Waals surface area contributed by atoms with E-state index in [1.165, 1.54) is 56.7 Å². The number of methoxy groups -OCH3 is 2. The normalized spacial score (nSPS) is 12.4. The van der Waals surface area contributed by atoms with Crippen LogP contribution >= 0.6 is 0 Å². The molecule has 0 saturated carbocycles. The van der Waals surface area contributed by atoms with Gasteiger partial charge in [-0.3, -0.25) is 0 Å². The number of aromatic hydroxyl groups is 1. The SMILES string of the molecule is COc1cc(O)c(C(NS(=O)(=O)c2ccc(C)cc2)c2ccccc2F)c(OC)c1. The molecule has 2 N–H and O–H groups in total. The van der Waals surface area contributed by atoms with Crippen molar-refractivity contribution in [2.24, 2.45) is 0 Å². The van der Waals surface area contributed by atoms with Crippen molar-refractivity contribution >= 4 is 10.0 Å². The van der Waals surface area contributed by atoms with Crippen LogP contribution in [0.5, 0.6) is 17.2 Å². The number of benzene rings is 3. The molecule has 6 nitrogen and oxygen atoms in total. The van der Waals surface area contributed by atoms with Gasteiger partial charge in [0.1, 0.15) is 23.1 Å². The van der Waals surface area contributed by atoms with Crippen molar-refractivity contribution < 1.29 is 27.4 Å². The van der Waals surface area contributed by atoms with E-state index in [2.05, 4.69) is 4.72 Å². The van der Waals surface area contributed by atoms with Crippen LogP contribution in [0.1, 0.15) is 22.7 Å². The maximum Gasteiger partial charge on any atom is 0.241 e. The zero-order valence-corrected chi connectivity index (χ0v) is 17.5. The molecule has 0 aromatic heterocycles. The highest BCUT2D eigenvalue weighted by molar-refractivity contribution is 7.89. The Morgan fingerprint density at radius 2 is 1.67 bits per heavy atom. The number of aryl methyl sites for hydroxylation is 1. The first-order chi connectivity index (χ1) is 14.3. The molecule has 3 aromatic rings. The molecule has 0 aliphatic rings. The van der Waals surface area contributed by atoms with Gasteiger partial charge < -0.3 is 14.6 Å². The minimum Gasteiger partial charge on any atom is -0.507 e. The van der Waals surface area contributed by atoms with Gasteiger partial charge in [-0.15, -0.1) is 0 Å². The Labute approximate surface area is 175 Å². The van der Waals surface area contributed by atoms with Crippen LogP contribution in [0.3, 0.4) is 0 Å². The lowest BCUT2D eigenvalue weighted by Gasteiger charge is -2.23.